The zero-order valence-corrected chi connectivity index (χ0v) is 12.3. The van der Waals surface area contributed by atoms with Crippen LogP contribution in [0.2, 0.25) is 5.02 Å². The molecular weight excluding hydrogens is 293 g/mol. The molecule has 2 aromatic carbocycles. The largest absolute Gasteiger partial charge is 0.478 e. The third-order valence-corrected chi connectivity index (χ3v) is 3.34. The average molecular weight is 308 g/mol. The van der Waals surface area contributed by atoms with Gasteiger partial charge in [0.2, 0.25) is 0 Å². The Balaban J connectivity index is 2.02. The zero-order chi connectivity index (χ0) is 15.4. The summed E-state index contributed by atoms with van der Waals surface area (Å²) in [6.45, 7) is 1.01. The number of nitrogens with zero attached hydrogens (tertiary/aromatic N) is 1. The number of aromatic carboxylic acids is 1. The Morgan fingerprint density at radius 2 is 1.86 bits per heavy atom. The molecule has 0 aliphatic rings. The number of hydrogen-bond acceptors (Lipinski definition) is 2. The molecule has 21 heavy (non-hydrogen) atoms. The highest BCUT2D eigenvalue weighted by Crippen LogP contribution is 2.17. The van der Waals surface area contributed by atoms with Crippen LogP contribution >= 0.6 is 11.6 Å². The molecule has 0 heterocycles. The van der Waals surface area contributed by atoms with Gasteiger partial charge in [0.15, 0.2) is 0 Å². The van der Waals surface area contributed by atoms with E-state index in [-0.39, 0.29) is 11.4 Å². The first-order valence-electron chi connectivity index (χ1n) is 6.40. The van der Waals surface area contributed by atoms with E-state index in [2.05, 4.69) is 0 Å². The molecule has 2 aromatic rings. The lowest BCUT2D eigenvalue weighted by Gasteiger charge is -2.17. The fraction of sp³-hybridized carbons (Fsp3) is 0.188. The van der Waals surface area contributed by atoms with Crippen LogP contribution in [0.1, 0.15) is 21.5 Å². The van der Waals surface area contributed by atoms with Gasteiger partial charge in [-0.3, -0.25) is 4.90 Å². The van der Waals surface area contributed by atoms with Crippen LogP contribution in [0.5, 0.6) is 0 Å². The fourth-order valence-corrected chi connectivity index (χ4v) is 2.27. The second-order valence-corrected chi connectivity index (χ2v) is 5.35. The Bertz CT molecular complexity index is 643. The fourth-order valence-electron chi connectivity index (χ4n) is 2.08. The maximum absolute atomic E-state index is 13.7. The van der Waals surface area contributed by atoms with Gasteiger partial charge in [-0.25, -0.2) is 9.18 Å². The lowest BCUT2D eigenvalue weighted by molar-refractivity contribution is 0.0697. The van der Waals surface area contributed by atoms with Gasteiger partial charge in [-0.05, 0) is 42.9 Å². The summed E-state index contributed by atoms with van der Waals surface area (Å²) in [4.78, 5) is 12.7. The second-order valence-electron chi connectivity index (χ2n) is 4.91. The standard InChI is InChI=1S/C16H15ClFNO2/c1-19(10-13-8-14(17)6-7-15(13)18)9-11-2-4-12(5-3-11)16(20)21/h2-8H,9-10H2,1H3,(H,20,21). The first kappa shape index (κ1) is 15.5. The summed E-state index contributed by atoms with van der Waals surface area (Å²) < 4.78 is 13.7. The maximum atomic E-state index is 13.7. The molecule has 0 radical (unpaired) electrons. The first-order valence-corrected chi connectivity index (χ1v) is 6.78. The smallest absolute Gasteiger partial charge is 0.335 e. The quantitative estimate of drug-likeness (QED) is 0.913. The van der Waals surface area contributed by atoms with Crippen molar-refractivity contribution in [3.05, 3.63) is 70.0 Å². The Morgan fingerprint density at radius 3 is 2.48 bits per heavy atom. The highest BCUT2D eigenvalue weighted by Gasteiger charge is 2.08. The van der Waals surface area contributed by atoms with E-state index in [0.29, 0.717) is 23.7 Å². The predicted molar refractivity (Wildman–Crippen MR) is 80.0 cm³/mol. The molecule has 0 amide bonds. The van der Waals surface area contributed by atoms with E-state index < -0.39 is 5.97 Å². The summed E-state index contributed by atoms with van der Waals surface area (Å²) in [7, 11) is 1.87. The van der Waals surface area contributed by atoms with E-state index in [1.54, 1.807) is 30.3 Å². The minimum absolute atomic E-state index is 0.252. The van der Waals surface area contributed by atoms with Crippen molar-refractivity contribution in [3.63, 3.8) is 0 Å². The van der Waals surface area contributed by atoms with Crippen molar-refractivity contribution in [1.29, 1.82) is 0 Å². The highest BCUT2D eigenvalue weighted by molar-refractivity contribution is 6.30. The number of benzene rings is 2. The summed E-state index contributed by atoms with van der Waals surface area (Å²) >= 11 is 5.87. The molecule has 110 valence electrons. The minimum Gasteiger partial charge on any atom is -0.478 e. The van der Waals surface area contributed by atoms with Gasteiger partial charge in [0.25, 0.3) is 0 Å². The normalized spacial score (nSPS) is 10.9. The van der Waals surface area contributed by atoms with Gasteiger partial charge in [0.1, 0.15) is 5.82 Å². The summed E-state index contributed by atoms with van der Waals surface area (Å²) in [5.74, 6) is -1.23. The monoisotopic (exact) mass is 307 g/mol. The molecule has 0 fully saturated rings. The van der Waals surface area contributed by atoms with E-state index in [9.17, 15) is 9.18 Å². The van der Waals surface area contributed by atoms with Gasteiger partial charge in [-0.1, -0.05) is 23.7 Å². The Hall–Kier alpha value is -1.91. The number of carbonyl (C=O) groups is 1. The molecule has 0 bridgehead atoms. The first-order chi connectivity index (χ1) is 9.95. The zero-order valence-electron chi connectivity index (χ0n) is 11.5. The minimum atomic E-state index is -0.948. The van der Waals surface area contributed by atoms with Gasteiger partial charge in [0, 0.05) is 23.7 Å². The molecule has 0 spiro atoms. The van der Waals surface area contributed by atoms with E-state index in [1.807, 2.05) is 11.9 Å². The van der Waals surface area contributed by atoms with Gasteiger partial charge in [-0.15, -0.1) is 0 Å². The molecule has 0 saturated carbocycles. The van der Waals surface area contributed by atoms with Crippen molar-refractivity contribution in [2.45, 2.75) is 13.1 Å². The second kappa shape index (κ2) is 6.70. The van der Waals surface area contributed by atoms with Crippen LogP contribution in [0.3, 0.4) is 0 Å². The Morgan fingerprint density at radius 1 is 1.19 bits per heavy atom. The van der Waals surface area contributed by atoms with Gasteiger partial charge >= 0.3 is 5.97 Å². The van der Waals surface area contributed by atoms with Crippen LogP contribution in [0.4, 0.5) is 4.39 Å². The average Bonchev–Trinajstić information content (AvgIpc) is 2.43. The van der Waals surface area contributed by atoms with Crippen molar-refractivity contribution in [3.8, 4) is 0 Å². The van der Waals surface area contributed by atoms with Crippen LogP contribution in [0.25, 0.3) is 0 Å². The van der Waals surface area contributed by atoms with E-state index in [0.717, 1.165) is 5.56 Å². The molecule has 5 heteroatoms. The SMILES string of the molecule is CN(Cc1ccc(C(=O)O)cc1)Cc1cc(Cl)ccc1F. The third kappa shape index (κ3) is 4.28. The van der Waals surface area contributed by atoms with Crippen LogP contribution in [-0.4, -0.2) is 23.0 Å². The summed E-state index contributed by atoms with van der Waals surface area (Å²) in [6, 6.07) is 11.1. The van der Waals surface area contributed by atoms with Crippen molar-refractivity contribution < 1.29 is 14.3 Å². The van der Waals surface area contributed by atoms with Crippen molar-refractivity contribution in [2.75, 3.05) is 7.05 Å². The molecular formula is C16H15ClFNO2. The van der Waals surface area contributed by atoms with E-state index >= 15 is 0 Å². The van der Waals surface area contributed by atoms with Crippen LogP contribution in [0.15, 0.2) is 42.5 Å². The van der Waals surface area contributed by atoms with E-state index in [4.69, 9.17) is 16.7 Å². The van der Waals surface area contributed by atoms with Crippen molar-refractivity contribution in [1.82, 2.24) is 4.90 Å². The maximum Gasteiger partial charge on any atom is 0.335 e. The molecule has 0 aromatic heterocycles. The van der Waals surface area contributed by atoms with Gasteiger partial charge in [0.05, 0.1) is 5.56 Å². The third-order valence-electron chi connectivity index (χ3n) is 3.10. The highest BCUT2D eigenvalue weighted by atomic mass is 35.5. The molecule has 0 aliphatic heterocycles. The molecule has 0 aliphatic carbocycles. The Kier molecular flexibility index (Phi) is 4.94. The topological polar surface area (TPSA) is 40.5 Å². The predicted octanol–water partition coefficient (Wildman–Crippen LogP) is 3.81. The number of rotatable bonds is 5. The van der Waals surface area contributed by atoms with E-state index in [1.165, 1.54) is 12.1 Å². The number of hydrogen-bond donors (Lipinski definition) is 1. The Labute approximate surface area is 127 Å². The van der Waals surface area contributed by atoms with Crippen LogP contribution in [0, 0.1) is 5.82 Å². The van der Waals surface area contributed by atoms with Crippen molar-refractivity contribution >= 4 is 17.6 Å². The number of halogens is 2. The molecule has 2 rings (SSSR count). The molecule has 0 atom stereocenters. The molecule has 1 N–H and O–H groups in total. The number of carboxylic acids is 1. The number of carboxylic acid groups (broad SMARTS) is 1. The van der Waals surface area contributed by atoms with Crippen LogP contribution in [-0.2, 0) is 13.1 Å². The van der Waals surface area contributed by atoms with Gasteiger partial charge in [-0.2, -0.15) is 0 Å². The molecule has 0 saturated heterocycles. The summed E-state index contributed by atoms with van der Waals surface area (Å²) in [6.07, 6.45) is 0. The van der Waals surface area contributed by atoms with Gasteiger partial charge < -0.3 is 5.11 Å². The molecule has 0 unspecified atom stereocenters. The molecule has 3 nitrogen and oxygen atoms in total. The van der Waals surface area contributed by atoms with Crippen LogP contribution < -0.4 is 0 Å². The lowest BCUT2D eigenvalue weighted by Crippen LogP contribution is -2.18. The van der Waals surface area contributed by atoms with Crippen molar-refractivity contribution in [2.24, 2.45) is 0 Å². The summed E-state index contributed by atoms with van der Waals surface area (Å²) in [5.41, 5.74) is 1.75. The lowest BCUT2D eigenvalue weighted by atomic mass is 10.1. The summed E-state index contributed by atoms with van der Waals surface area (Å²) in [5, 5.41) is 9.35.